The van der Waals surface area contributed by atoms with Crippen molar-refractivity contribution in [2.45, 2.75) is 31.7 Å². The van der Waals surface area contributed by atoms with Gasteiger partial charge in [0.25, 0.3) is 5.91 Å². The minimum atomic E-state index is -0.0752. The summed E-state index contributed by atoms with van der Waals surface area (Å²) < 4.78 is 16.1. The van der Waals surface area contributed by atoms with Crippen LogP contribution in [0.25, 0.3) is 0 Å². The molecule has 2 unspecified atom stereocenters. The van der Waals surface area contributed by atoms with Gasteiger partial charge in [-0.25, -0.2) is 0 Å². The van der Waals surface area contributed by atoms with Crippen LogP contribution in [0.15, 0.2) is 12.1 Å². The first-order chi connectivity index (χ1) is 12.6. The highest BCUT2D eigenvalue weighted by Crippen LogP contribution is 2.39. The molecule has 6 heteroatoms. The Morgan fingerprint density at radius 3 is 2.38 bits per heavy atom. The molecule has 2 fully saturated rings. The van der Waals surface area contributed by atoms with Crippen LogP contribution in [-0.2, 0) is 0 Å². The summed E-state index contributed by atoms with van der Waals surface area (Å²) in [4.78, 5) is 15.3. The van der Waals surface area contributed by atoms with E-state index in [0.717, 1.165) is 25.9 Å². The van der Waals surface area contributed by atoms with Gasteiger partial charge in [0.1, 0.15) is 0 Å². The summed E-state index contributed by atoms with van der Waals surface area (Å²) in [6.07, 6.45) is 4.66. The third-order valence-electron chi connectivity index (χ3n) is 5.85. The lowest BCUT2D eigenvalue weighted by Crippen LogP contribution is -2.51. The molecule has 0 aromatic heterocycles. The van der Waals surface area contributed by atoms with Crippen LogP contribution in [0.2, 0.25) is 0 Å². The fourth-order valence-electron chi connectivity index (χ4n) is 4.52. The second-order valence-electron chi connectivity index (χ2n) is 7.40. The highest BCUT2D eigenvalue weighted by atomic mass is 16.5. The number of rotatable bonds is 5. The normalized spacial score (nSPS) is 25.9. The number of hydrogen-bond acceptors (Lipinski definition) is 5. The molecule has 1 aromatic carbocycles. The molecular weight excluding hydrogens is 332 g/mol. The van der Waals surface area contributed by atoms with Crippen LogP contribution in [0.1, 0.15) is 36.0 Å². The molecule has 0 radical (unpaired) electrons. The first-order valence-electron chi connectivity index (χ1n) is 9.36. The van der Waals surface area contributed by atoms with Gasteiger partial charge in [0.15, 0.2) is 11.5 Å². The third-order valence-corrected chi connectivity index (χ3v) is 5.85. The van der Waals surface area contributed by atoms with E-state index in [-0.39, 0.29) is 11.9 Å². The number of amides is 1. The number of benzene rings is 1. The summed E-state index contributed by atoms with van der Waals surface area (Å²) in [6, 6.07) is 3.67. The van der Waals surface area contributed by atoms with E-state index in [2.05, 4.69) is 17.3 Å². The van der Waals surface area contributed by atoms with Gasteiger partial charge in [-0.05, 0) is 56.8 Å². The number of nitrogens with one attached hydrogen (secondary N) is 1. The van der Waals surface area contributed by atoms with E-state index in [1.165, 1.54) is 12.8 Å². The van der Waals surface area contributed by atoms with Crippen LogP contribution < -0.4 is 19.5 Å². The van der Waals surface area contributed by atoms with Crippen LogP contribution in [-0.4, -0.2) is 58.3 Å². The van der Waals surface area contributed by atoms with E-state index < -0.39 is 0 Å². The van der Waals surface area contributed by atoms with Crippen LogP contribution in [0, 0.1) is 11.8 Å². The van der Waals surface area contributed by atoms with E-state index in [1.807, 2.05) is 0 Å². The van der Waals surface area contributed by atoms with Crippen molar-refractivity contribution in [2.75, 3.05) is 41.5 Å². The number of carbonyl (C=O) groups excluding carboxylic acids is 1. The number of fused-ring (bicyclic) bond motifs is 1. The Kier molecular flexibility index (Phi) is 5.91. The van der Waals surface area contributed by atoms with Crippen molar-refractivity contribution < 1.29 is 19.0 Å². The summed E-state index contributed by atoms with van der Waals surface area (Å²) in [6.45, 7) is 2.25. The zero-order valence-corrected chi connectivity index (χ0v) is 16.2. The van der Waals surface area contributed by atoms with Gasteiger partial charge in [-0.15, -0.1) is 0 Å². The monoisotopic (exact) mass is 362 g/mol. The number of nitrogens with zero attached hydrogens (tertiary/aromatic N) is 1. The van der Waals surface area contributed by atoms with Crippen molar-refractivity contribution in [1.29, 1.82) is 0 Å². The van der Waals surface area contributed by atoms with Crippen molar-refractivity contribution in [2.24, 2.45) is 11.8 Å². The Morgan fingerprint density at radius 2 is 1.77 bits per heavy atom. The van der Waals surface area contributed by atoms with Crippen LogP contribution in [0.3, 0.4) is 0 Å². The number of hydrogen-bond donors (Lipinski definition) is 1. The molecule has 3 atom stereocenters. The minimum Gasteiger partial charge on any atom is -0.493 e. The fraction of sp³-hybridized carbons (Fsp3) is 0.650. The van der Waals surface area contributed by atoms with E-state index >= 15 is 0 Å². The van der Waals surface area contributed by atoms with Gasteiger partial charge >= 0.3 is 0 Å². The third kappa shape index (κ3) is 3.75. The Bertz CT molecular complexity index is 624. The van der Waals surface area contributed by atoms with Gasteiger partial charge in [-0.2, -0.15) is 0 Å². The van der Waals surface area contributed by atoms with Crippen molar-refractivity contribution in [3.8, 4) is 17.2 Å². The first-order valence-corrected chi connectivity index (χ1v) is 9.36. The van der Waals surface area contributed by atoms with E-state index in [1.54, 1.807) is 33.5 Å². The fourth-order valence-corrected chi connectivity index (χ4v) is 4.52. The molecule has 1 saturated carbocycles. The van der Waals surface area contributed by atoms with Crippen molar-refractivity contribution in [3.05, 3.63) is 17.7 Å². The average molecular weight is 362 g/mol. The van der Waals surface area contributed by atoms with E-state index in [9.17, 15) is 4.79 Å². The van der Waals surface area contributed by atoms with Crippen LogP contribution >= 0.6 is 0 Å². The van der Waals surface area contributed by atoms with Crippen LogP contribution in [0.5, 0.6) is 17.2 Å². The van der Waals surface area contributed by atoms with Gasteiger partial charge in [0.05, 0.1) is 21.3 Å². The highest BCUT2D eigenvalue weighted by Gasteiger charge is 2.37. The summed E-state index contributed by atoms with van der Waals surface area (Å²) in [5.41, 5.74) is 0.537. The molecule has 0 spiro atoms. The zero-order chi connectivity index (χ0) is 18.7. The standard InChI is InChI=1S/C20H30N2O4/c1-22-9-8-15-13(12-22)6-5-7-16(15)21-20(23)14-10-17(24-2)19(26-4)18(11-14)25-3/h10-11,13,15-16H,5-9,12H2,1-4H3,(H,21,23)/t13?,15?,16-/m1/s1. The lowest BCUT2D eigenvalue weighted by molar-refractivity contribution is 0.0661. The van der Waals surface area contributed by atoms with Gasteiger partial charge in [-0.1, -0.05) is 6.42 Å². The quantitative estimate of drug-likeness (QED) is 0.872. The lowest BCUT2D eigenvalue weighted by atomic mass is 9.72. The molecule has 1 aliphatic heterocycles. The number of ether oxygens (including phenoxy) is 3. The number of carbonyl (C=O) groups is 1. The molecule has 1 heterocycles. The smallest absolute Gasteiger partial charge is 0.251 e. The molecule has 1 aliphatic carbocycles. The zero-order valence-electron chi connectivity index (χ0n) is 16.2. The van der Waals surface area contributed by atoms with Crippen molar-refractivity contribution in [1.82, 2.24) is 10.2 Å². The lowest BCUT2D eigenvalue weighted by Gasteiger charge is -2.44. The topological polar surface area (TPSA) is 60.0 Å². The minimum absolute atomic E-state index is 0.0752. The maximum atomic E-state index is 12.9. The average Bonchev–Trinajstić information content (AvgIpc) is 2.66. The first kappa shape index (κ1) is 18.8. The maximum Gasteiger partial charge on any atom is 0.251 e. The van der Waals surface area contributed by atoms with Crippen LogP contribution in [0.4, 0.5) is 0 Å². The molecule has 2 aliphatic rings. The Morgan fingerprint density at radius 1 is 1.08 bits per heavy atom. The summed E-state index contributed by atoms with van der Waals surface area (Å²) in [7, 11) is 6.86. The maximum absolute atomic E-state index is 12.9. The number of methoxy groups -OCH3 is 3. The SMILES string of the molecule is COc1cc(C(=O)N[C@@H]2CCCC3CN(C)CCC32)cc(OC)c1OC. The van der Waals surface area contributed by atoms with Crippen molar-refractivity contribution in [3.63, 3.8) is 0 Å². The second-order valence-corrected chi connectivity index (χ2v) is 7.40. The summed E-state index contributed by atoms with van der Waals surface area (Å²) in [5, 5.41) is 3.28. The summed E-state index contributed by atoms with van der Waals surface area (Å²) in [5.74, 6) is 2.68. The van der Waals surface area contributed by atoms with Gasteiger partial charge in [0, 0.05) is 18.2 Å². The highest BCUT2D eigenvalue weighted by molar-refractivity contribution is 5.95. The Labute approximate surface area is 155 Å². The number of likely N-dealkylation sites (tertiary alicyclic amines) is 1. The molecule has 144 valence electrons. The molecule has 3 rings (SSSR count). The molecule has 1 N–H and O–H groups in total. The Balaban J connectivity index is 1.77. The molecule has 1 amide bonds. The van der Waals surface area contributed by atoms with E-state index in [0.29, 0.717) is 34.6 Å². The predicted octanol–water partition coefficient (Wildman–Crippen LogP) is 2.56. The predicted molar refractivity (Wildman–Crippen MR) is 100 cm³/mol. The Hall–Kier alpha value is -1.95. The molecule has 1 saturated heterocycles. The van der Waals surface area contributed by atoms with Crippen molar-refractivity contribution >= 4 is 5.91 Å². The molecule has 0 bridgehead atoms. The molecular formula is C20H30N2O4. The van der Waals surface area contributed by atoms with E-state index in [4.69, 9.17) is 14.2 Å². The number of piperidine rings is 1. The van der Waals surface area contributed by atoms with Gasteiger partial charge in [-0.3, -0.25) is 4.79 Å². The largest absolute Gasteiger partial charge is 0.493 e. The van der Waals surface area contributed by atoms with Gasteiger partial charge in [0.2, 0.25) is 5.75 Å². The molecule has 1 aromatic rings. The summed E-state index contributed by atoms with van der Waals surface area (Å²) >= 11 is 0. The second kappa shape index (κ2) is 8.16. The molecule has 6 nitrogen and oxygen atoms in total. The molecule has 26 heavy (non-hydrogen) atoms. The van der Waals surface area contributed by atoms with Gasteiger partial charge < -0.3 is 24.4 Å².